The summed E-state index contributed by atoms with van der Waals surface area (Å²) in [4.78, 5) is 21.1. The lowest BCUT2D eigenvalue weighted by Gasteiger charge is -2.05. The molecule has 0 aliphatic heterocycles. The van der Waals surface area contributed by atoms with Gasteiger partial charge in [0.1, 0.15) is 11.6 Å². The number of halogens is 2. The monoisotopic (exact) mass is 430 g/mol. The molecule has 0 aliphatic carbocycles. The lowest BCUT2D eigenvalue weighted by atomic mass is 10.1. The minimum atomic E-state index is -0.625. The normalized spacial score (nSPS) is 11.2. The average Bonchev–Trinajstić information content (AvgIpc) is 3.36. The molecule has 1 aromatic carbocycles. The lowest BCUT2D eigenvalue weighted by molar-refractivity contribution is 0.102. The molecule has 3 aromatic heterocycles. The number of rotatable bonds is 7. The van der Waals surface area contributed by atoms with Gasteiger partial charge >= 0.3 is 0 Å². The lowest BCUT2D eigenvalue weighted by Crippen LogP contribution is -2.18. The number of aliphatic hydroxyl groups excluding tert-OH is 1. The highest BCUT2D eigenvalue weighted by molar-refractivity contribution is 7.13. The molecule has 4 aromatic rings. The van der Waals surface area contributed by atoms with Crippen molar-refractivity contribution >= 4 is 28.0 Å². The Kier molecular flexibility index (Phi) is 5.74. The van der Waals surface area contributed by atoms with Crippen LogP contribution in [0.1, 0.15) is 16.2 Å². The number of aromatic nitrogens is 4. The fraction of sp³-hybridized carbons (Fsp3) is 0.158. The van der Waals surface area contributed by atoms with Crippen molar-refractivity contribution in [3.8, 4) is 11.3 Å². The van der Waals surface area contributed by atoms with Gasteiger partial charge in [-0.15, -0.1) is 11.3 Å². The van der Waals surface area contributed by atoms with E-state index in [2.05, 4.69) is 25.7 Å². The van der Waals surface area contributed by atoms with Gasteiger partial charge in [0.05, 0.1) is 24.2 Å². The molecule has 4 rings (SSSR count). The van der Waals surface area contributed by atoms with E-state index in [4.69, 9.17) is 5.11 Å². The summed E-state index contributed by atoms with van der Waals surface area (Å²) in [6.45, 7) is 0.935. The molecule has 154 valence electrons. The van der Waals surface area contributed by atoms with Crippen LogP contribution < -0.4 is 10.6 Å². The van der Waals surface area contributed by atoms with E-state index in [-0.39, 0.29) is 23.6 Å². The number of hydrogen-bond acceptors (Lipinski definition) is 7. The average molecular weight is 430 g/mol. The number of hydrogen-bond donors (Lipinski definition) is 3. The van der Waals surface area contributed by atoms with Crippen molar-refractivity contribution < 1.29 is 18.7 Å². The zero-order valence-electron chi connectivity index (χ0n) is 15.5. The van der Waals surface area contributed by atoms with Gasteiger partial charge in [0, 0.05) is 24.0 Å². The predicted octanol–water partition coefficient (Wildman–Crippen LogP) is 2.47. The number of nitrogens with zero attached hydrogens (tertiary/aromatic N) is 4. The largest absolute Gasteiger partial charge is 0.395 e. The Hall–Kier alpha value is -3.28. The van der Waals surface area contributed by atoms with E-state index in [1.54, 1.807) is 11.4 Å². The Labute approximate surface area is 173 Å². The summed E-state index contributed by atoms with van der Waals surface area (Å²) in [6, 6.07) is 6.16. The number of anilines is 1. The molecule has 0 unspecified atom stereocenters. The van der Waals surface area contributed by atoms with E-state index in [1.165, 1.54) is 28.1 Å². The summed E-state index contributed by atoms with van der Waals surface area (Å²) >= 11 is 1.26. The first kappa shape index (κ1) is 20.0. The first-order chi connectivity index (χ1) is 14.5. The van der Waals surface area contributed by atoms with Crippen molar-refractivity contribution in [2.75, 3.05) is 18.5 Å². The molecule has 0 radical (unpaired) electrons. The summed E-state index contributed by atoms with van der Waals surface area (Å²) in [7, 11) is 0. The van der Waals surface area contributed by atoms with E-state index >= 15 is 0 Å². The minimum absolute atomic E-state index is 0.0168. The highest BCUT2D eigenvalue weighted by atomic mass is 32.1. The smallest absolute Gasteiger partial charge is 0.277 e. The number of fused-ring (bicyclic) bond motifs is 1. The van der Waals surface area contributed by atoms with Crippen LogP contribution in [0.5, 0.6) is 0 Å². The van der Waals surface area contributed by atoms with Gasteiger partial charge < -0.3 is 10.4 Å². The number of benzene rings is 1. The van der Waals surface area contributed by atoms with Crippen LogP contribution in [0.4, 0.5) is 13.9 Å². The van der Waals surface area contributed by atoms with Gasteiger partial charge in [0.25, 0.3) is 5.91 Å². The molecule has 1 amide bonds. The van der Waals surface area contributed by atoms with Crippen molar-refractivity contribution in [3.05, 3.63) is 64.9 Å². The number of nitrogens with one attached hydrogen (secondary N) is 2. The molecule has 0 spiro atoms. The fourth-order valence-electron chi connectivity index (χ4n) is 2.77. The minimum Gasteiger partial charge on any atom is -0.395 e. The third kappa shape index (κ3) is 4.17. The maximum atomic E-state index is 14.1. The predicted molar refractivity (Wildman–Crippen MR) is 107 cm³/mol. The van der Waals surface area contributed by atoms with Gasteiger partial charge in [0.15, 0.2) is 16.5 Å². The third-order valence-corrected chi connectivity index (χ3v) is 4.97. The summed E-state index contributed by atoms with van der Waals surface area (Å²) in [6.07, 6.45) is 1.35. The summed E-state index contributed by atoms with van der Waals surface area (Å²) in [5, 5.41) is 20.9. The van der Waals surface area contributed by atoms with Gasteiger partial charge in [-0.1, -0.05) is 0 Å². The SMILES string of the molecule is O=C(Nc1nc(CNCCO)cs1)c1cnc2ccc(-c3cc(F)ccc3F)nn12. The van der Waals surface area contributed by atoms with E-state index < -0.39 is 17.5 Å². The maximum Gasteiger partial charge on any atom is 0.277 e. The fourth-order valence-corrected chi connectivity index (χ4v) is 3.47. The Morgan fingerprint density at radius 1 is 1.23 bits per heavy atom. The van der Waals surface area contributed by atoms with Crippen LogP contribution in [0.25, 0.3) is 16.9 Å². The van der Waals surface area contributed by atoms with Crippen LogP contribution in [-0.2, 0) is 6.54 Å². The standard InChI is InChI=1S/C19H16F2N6O2S/c20-11-1-2-14(21)13(7-11)15-3-4-17-23-9-16(27(17)26-15)18(29)25-19-24-12(10-30-19)8-22-5-6-28/h1-4,7,9-10,22,28H,5-6,8H2,(H,24,25,29). The number of thiazole rings is 1. The van der Waals surface area contributed by atoms with Crippen molar-refractivity contribution in [1.82, 2.24) is 24.9 Å². The van der Waals surface area contributed by atoms with E-state index in [9.17, 15) is 13.6 Å². The number of carbonyl (C=O) groups is 1. The molecule has 0 fully saturated rings. The van der Waals surface area contributed by atoms with Crippen LogP contribution in [-0.4, -0.2) is 43.7 Å². The van der Waals surface area contributed by atoms with Gasteiger partial charge in [-0.3, -0.25) is 10.1 Å². The van der Waals surface area contributed by atoms with E-state index in [1.807, 2.05) is 0 Å². The highest BCUT2D eigenvalue weighted by Crippen LogP contribution is 2.23. The van der Waals surface area contributed by atoms with Crippen molar-refractivity contribution in [2.45, 2.75) is 6.54 Å². The molecule has 0 saturated heterocycles. The van der Waals surface area contributed by atoms with Crippen molar-refractivity contribution in [2.24, 2.45) is 0 Å². The second-order valence-electron chi connectivity index (χ2n) is 6.25. The van der Waals surface area contributed by atoms with Crippen LogP contribution in [0.15, 0.2) is 41.9 Å². The van der Waals surface area contributed by atoms with Crippen LogP contribution >= 0.6 is 11.3 Å². The quantitative estimate of drug-likeness (QED) is 0.389. The third-order valence-electron chi connectivity index (χ3n) is 4.17. The maximum absolute atomic E-state index is 14.1. The van der Waals surface area contributed by atoms with Gasteiger partial charge in [-0.2, -0.15) is 5.10 Å². The van der Waals surface area contributed by atoms with Crippen LogP contribution in [0.2, 0.25) is 0 Å². The zero-order chi connectivity index (χ0) is 21.1. The Morgan fingerprint density at radius 3 is 2.93 bits per heavy atom. The van der Waals surface area contributed by atoms with Crippen LogP contribution in [0, 0.1) is 11.6 Å². The first-order valence-corrected chi connectivity index (χ1v) is 9.80. The summed E-state index contributed by atoms with van der Waals surface area (Å²) < 4.78 is 28.9. The van der Waals surface area contributed by atoms with E-state index in [0.717, 1.165) is 23.9 Å². The molecular formula is C19H16F2N6O2S. The van der Waals surface area contributed by atoms with Crippen LogP contribution in [0.3, 0.4) is 0 Å². The summed E-state index contributed by atoms with van der Waals surface area (Å²) in [5.74, 6) is -1.71. The molecule has 3 N–H and O–H groups in total. The first-order valence-electron chi connectivity index (χ1n) is 8.92. The zero-order valence-corrected chi connectivity index (χ0v) is 16.3. The Bertz CT molecular complexity index is 1210. The molecular weight excluding hydrogens is 414 g/mol. The number of carbonyl (C=O) groups excluding carboxylic acids is 1. The number of amides is 1. The molecule has 0 aliphatic rings. The highest BCUT2D eigenvalue weighted by Gasteiger charge is 2.17. The van der Waals surface area contributed by atoms with Gasteiger partial charge in [0.2, 0.25) is 0 Å². The molecule has 11 heteroatoms. The molecule has 8 nitrogen and oxygen atoms in total. The molecule has 0 saturated carbocycles. The van der Waals surface area contributed by atoms with E-state index in [0.29, 0.717) is 23.9 Å². The summed E-state index contributed by atoms with van der Waals surface area (Å²) in [5.41, 5.74) is 1.38. The number of imidazole rings is 1. The topological polar surface area (TPSA) is 104 Å². The molecule has 0 atom stereocenters. The second kappa shape index (κ2) is 8.61. The van der Waals surface area contributed by atoms with Gasteiger partial charge in [-0.05, 0) is 30.3 Å². The number of aliphatic hydroxyl groups is 1. The molecule has 3 heterocycles. The molecule has 0 bridgehead atoms. The second-order valence-corrected chi connectivity index (χ2v) is 7.11. The Morgan fingerprint density at radius 2 is 2.10 bits per heavy atom. The molecule has 30 heavy (non-hydrogen) atoms. The van der Waals surface area contributed by atoms with Crippen molar-refractivity contribution in [3.63, 3.8) is 0 Å². The van der Waals surface area contributed by atoms with Gasteiger partial charge in [-0.25, -0.2) is 23.3 Å². The van der Waals surface area contributed by atoms with Crippen molar-refractivity contribution in [1.29, 1.82) is 0 Å². The Balaban J connectivity index is 1.58.